The number of carbonyl (C=O) groups excluding carboxylic acids is 3. The van der Waals surface area contributed by atoms with E-state index in [9.17, 15) is 19.5 Å². The maximum Gasteiger partial charge on any atom is 0.416 e. The minimum absolute atomic E-state index is 0.310. The Labute approximate surface area is 206 Å². The van der Waals surface area contributed by atoms with Gasteiger partial charge in [0.1, 0.15) is 11.2 Å². The molecule has 0 aromatic carbocycles. The van der Waals surface area contributed by atoms with Crippen LogP contribution in [0.5, 0.6) is 0 Å². The zero-order valence-electron chi connectivity index (χ0n) is 23.0. The molecule has 0 spiro atoms. The van der Waals surface area contributed by atoms with Gasteiger partial charge in [-0.3, -0.25) is 15.0 Å². The van der Waals surface area contributed by atoms with Gasteiger partial charge < -0.3 is 19.0 Å². The van der Waals surface area contributed by atoms with Gasteiger partial charge in [0.15, 0.2) is 5.22 Å². The zero-order valence-corrected chi connectivity index (χ0v) is 24.0. The Morgan fingerprint density at radius 1 is 1.00 bits per heavy atom. The molecule has 0 saturated carbocycles. The third-order valence-electron chi connectivity index (χ3n) is 5.35. The van der Waals surface area contributed by atoms with Gasteiger partial charge in [-0.25, -0.2) is 9.59 Å². The number of nitrogens with one attached hydrogen (secondary N) is 1. The van der Waals surface area contributed by atoms with Crippen LogP contribution in [0.3, 0.4) is 0 Å². The number of nitrogens with zero attached hydrogens (tertiary/aromatic N) is 1. The highest BCUT2D eigenvalue weighted by atomic mass is 28.4. The highest BCUT2D eigenvalue weighted by molar-refractivity contribution is 6.79. The number of rotatable bonds is 7. The number of ether oxygens (including phenoxy) is 2. The van der Waals surface area contributed by atoms with Gasteiger partial charge >= 0.3 is 12.1 Å². The molecule has 0 aromatic rings. The molecule has 198 valence electrons. The summed E-state index contributed by atoms with van der Waals surface area (Å²) in [4.78, 5) is 40.0. The van der Waals surface area contributed by atoms with Crippen LogP contribution in [0.25, 0.3) is 0 Å². The molecule has 3 atom stereocenters. The monoisotopic (exact) mass is 502 g/mol. The minimum Gasteiger partial charge on any atom is -0.458 e. The standard InChI is InChI=1S/C24H46N2O7Si/c1-21(2,3)16-34(11,33-17-13-12-14-25-17)24(30,19(28)31-22(4,5)6)15-18(27)26(10)20(29)32-23(7,8)9/h17,25,30H,12-16H2,1-11H3. The van der Waals surface area contributed by atoms with Crippen LogP contribution in [0, 0.1) is 5.41 Å². The average Bonchev–Trinajstić information content (AvgIpc) is 3.08. The summed E-state index contributed by atoms with van der Waals surface area (Å²) >= 11 is 0. The molecule has 1 aliphatic heterocycles. The predicted molar refractivity (Wildman–Crippen MR) is 132 cm³/mol. The first-order valence-corrected chi connectivity index (χ1v) is 14.6. The third kappa shape index (κ3) is 8.94. The van der Waals surface area contributed by atoms with Crippen LogP contribution in [0.1, 0.15) is 81.6 Å². The summed E-state index contributed by atoms with van der Waals surface area (Å²) < 4.78 is 17.4. The summed E-state index contributed by atoms with van der Waals surface area (Å²) in [6, 6.07) is 0.386. The molecule has 3 unspecified atom stereocenters. The van der Waals surface area contributed by atoms with Crippen LogP contribution < -0.4 is 5.32 Å². The molecule has 1 saturated heterocycles. The quantitative estimate of drug-likeness (QED) is 0.400. The molecule has 10 heteroatoms. The number of imide groups is 1. The summed E-state index contributed by atoms with van der Waals surface area (Å²) in [5.74, 6) is -1.67. The molecule has 2 N–H and O–H groups in total. The Hall–Kier alpha value is -1.49. The first-order chi connectivity index (χ1) is 15.1. The normalized spacial score (nSPS) is 20.8. The Balaban J connectivity index is 3.44. The fourth-order valence-electron chi connectivity index (χ4n) is 3.97. The first-order valence-electron chi connectivity index (χ1n) is 12.0. The van der Waals surface area contributed by atoms with Crippen LogP contribution in [-0.2, 0) is 23.5 Å². The zero-order chi connectivity index (χ0) is 26.8. The van der Waals surface area contributed by atoms with Crippen molar-refractivity contribution in [2.45, 2.75) is 117 Å². The minimum atomic E-state index is -3.44. The van der Waals surface area contributed by atoms with Crippen LogP contribution in [-0.4, -0.2) is 72.5 Å². The number of amides is 2. The SMILES string of the molecule is CN(C(=O)CC(O)(C(=O)OC(C)(C)C)[Si](C)(CC(C)(C)C)OC1CCCN1)C(=O)OC(C)(C)C. The molecule has 2 amide bonds. The van der Waals surface area contributed by atoms with Gasteiger partial charge in [-0.05, 0) is 78.9 Å². The first kappa shape index (κ1) is 30.5. The summed E-state index contributed by atoms with van der Waals surface area (Å²) in [6.45, 7) is 18.7. The van der Waals surface area contributed by atoms with Gasteiger partial charge in [-0.1, -0.05) is 20.8 Å². The van der Waals surface area contributed by atoms with Crippen molar-refractivity contribution in [2.75, 3.05) is 13.6 Å². The maximum atomic E-state index is 13.5. The van der Waals surface area contributed by atoms with E-state index in [1.165, 1.54) is 7.05 Å². The van der Waals surface area contributed by atoms with Crippen LogP contribution in [0.15, 0.2) is 0 Å². The largest absolute Gasteiger partial charge is 0.458 e. The molecule has 34 heavy (non-hydrogen) atoms. The summed E-state index contributed by atoms with van der Waals surface area (Å²) in [7, 11) is -2.17. The molecule has 0 radical (unpaired) electrons. The lowest BCUT2D eigenvalue weighted by Crippen LogP contribution is -2.68. The Kier molecular flexibility index (Phi) is 9.55. The second-order valence-corrected chi connectivity index (χ2v) is 16.5. The number of hydrogen-bond donors (Lipinski definition) is 2. The van der Waals surface area contributed by atoms with Crippen molar-refractivity contribution in [3.05, 3.63) is 0 Å². The van der Waals surface area contributed by atoms with Gasteiger partial charge in [-0.2, -0.15) is 0 Å². The molecule has 9 nitrogen and oxygen atoms in total. The second-order valence-electron chi connectivity index (χ2n) is 12.6. The van der Waals surface area contributed by atoms with Crippen molar-refractivity contribution < 1.29 is 33.4 Å². The molecule has 0 aliphatic carbocycles. The molecule has 1 heterocycles. The van der Waals surface area contributed by atoms with Crippen molar-refractivity contribution in [1.82, 2.24) is 10.2 Å². The van der Waals surface area contributed by atoms with Gasteiger partial charge in [-0.15, -0.1) is 0 Å². The van der Waals surface area contributed by atoms with E-state index in [2.05, 4.69) is 5.32 Å². The van der Waals surface area contributed by atoms with E-state index < -0.39 is 49.1 Å². The van der Waals surface area contributed by atoms with E-state index in [0.717, 1.165) is 24.3 Å². The predicted octanol–water partition coefficient (Wildman–Crippen LogP) is 3.73. The van der Waals surface area contributed by atoms with Gasteiger partial charge in [0.2, 0.25) is 14.2 Å². The summed E-state index contributed by atoms with van der Waals surface area (Å²) in [5.41, 5.74) is -2.01. The summed E-state index contributed by atoms with van der Waals surface area (Å²) in [6.07, 6.45) is -0.185. The summed E-state index contributed by atoms with van der Waals surface area (Å²) in [5, 5.41) is 13.1. The fraction of sp³-hybridized carbons (Fsp3) is 0.875. The Morgan fingerprint density at radius 2 is 1.53 bits per heavy atom. The van der Waals surface area contributed by atoms with Crippen LogP contribution in [0.4, 0.5) is 4.79 Å². The maximum absolute atomic E-state index is 13.5. The fourth-order valence-corrected chi connectivity index (χ4v) is 8.40. The molecule has 1 fully saturated rings. The lowest BCUT2D eigenvalue weighted by Gasteiger charge is -2.45. The molecule has 0 aromatic heterocycles. The van der Waals surface area contributed by atoms with Crippen molar-refractivity contribution in [3.8, 4) is 0 Å². The molecule has 1 rings (SSSR count). The van der Waals surface area contributed by atoms with Gasteiger partial charge in [0.25, 0.3) is 0 Å². The van der Waals surface area contributed by atoms with Gasteiger partial charge in [0, 0.05) is 7.05 Å². The van der Waals surface area contributed by atoms with Gasteiger partial charge in [0.05, 0.1) is 12.6 Å². The van der Waals surface area contributed by atoms with E-state index in [-0.39, 0.29) is 11.6 Å². The van der Waals surface area contributed by atoms with E-state index >= 15 is 0 Å². The molecule has 1 aliphatic rings. The topological polar surface area (TPSA) is 114 Å². The number of esters is 1. The van der Waals surface area contributed by atoms with E-state index in [4.69, 9.17) is 13.9 Å². The van der Waals surface area contributed by atoms with E-state index in [1.807, 2.05) is 20.8 Å². The number of hydrogen-bond acceptors (Lipinski definition) is 8. The molecular weight excluding hydrogens is 456 g/mol. The lowest BCUT2D eigenvalue weighted by molar-refractivity contribution is -0.173. The van der Waals surface area contributed by atoms with Crippen molar-refractivity contribution in [1.29, 1.82) is 0 Å². The van der Waals surface area contributed by atoms with Crippen molar-refractivity contribution >= 4 is 26.3 Å². The molecular formula is C24H46N2O7Si. The van der Waals surface area contributed by atoms with Crippen LogP contribution in [0.2, 0.25) is 12.6 Å². The van der Waals surface area contributed by atoms with E-state index in [0.29, 0.717) is 6.04 Å². The third-order valence-corrected chi connectivity index (χ3v) is 10.0. The highest BCUT2D eigenvalue weighted by Gasteiger charge is 2.61. The highest BCUT2D eigenvalue weighted by Crippen LogP contribution is 2.40. The van der Waals surface area contributed by atoms with Crippen molar-refractivity contribution in [3.63, 3.8) is 0 Å². The average molecular weight is 503 g/mol. The van der Waals surface area contributed by atoms with Crippen molar-refractivity contribution in [2.24, 2.45) is 5.41 Å². The number of carbonyl (C=O) groups is 3. The Bertz CT molecular complexity index is 748. The second kappa shape index (κ2) is 10.6. The lowest BCUT2D eigenvalue weighted by atomic mass is 10.0. The Morgan fingerprint density at radius 3 is 1.94 bits per heavy atom. The van der Waals surface area contributed by atoms with E-state index in [1.54, 1.807) is 48.1 Å². The van der Waals surface area contributed by atoms with Crippen LogP contribution >= 0.6 is 0 Å². The number of aliphatic hydroxyl groups is 1. The molecule has 0 bridgehead atoms. The smallest absolute Gasteiger partial charge is 0.416 e.